The molecule has 0 spiro atoms. The highest BCUT2D eigenvalue weighted by atomic mass is 15.3. The second-order valence-electron chi connectivity index (χ2n) is 5.80. The number of aryl methyl sites for hydroxylation is 1. The van der Waals surface area contributed by atoms with Gasteiger partial charge in [0.15, 0.2) is 0 Å². The van der Waals surface area contributed by atoms with Gasteiger partial charge in [-0.3, -0.25) is 0 Å². The molecule has 1 saturated carbocycles. The van der Waals surface area contributed by atoms with E-state index in [1.807, 2.05) is 6.92 Å². The molecule has 1 aliphatic carbocycles. The lowest BCUT2D eigenvalue weighted by Gasteiger charge is -2.39. The fourth-order valence-corrected chi connectivity index (χ4v) is 3.02. The Morgan fingerprint density at radius 1 is 1.35 bits per heavy atom. The van der Waals surface area contributed by atoms with Crippen molar-refractivity contribution in [3.8, 4) is 0 Å². The van der Waals surface area contributed by atoms with Crippen molar-refractivity contribution in [1.29, 1.82) is 0 Å². The third kappa shape index (κ3) is 1.99. The monoisotopic (exact) mass is 236 g/mol. The molecular weight excluding hydrogens is 212 g/mol. The Morgan fingerprint density at radius 3 is 2.65 bits per heavy atom. The zero-order chi connectivity index (χ0) is 12.6. The summed E-state index contributed by atoms with van der Waals surface area (Å²) in [6, 6.07) is 0.600. The van der Waals surface area contributed by atoms with E-state index in [1.54, 1.807) is 0 Å². The number of nitrogens with two attached hydrogens (primary N) is 1. The van der Waals surface area contributed by atoms with Gasteiger partial charge in [0.25, 0.3) is 0 Å². The summed E-state index contributed by atoms with van der Waals surface area (Å²) in [4.78, 5) is 0. The van der Waals surface area contributed by atoms with Gasteiger partial charge in [-0.25, -0.2) is 0 Å². The number of hydrogen-bond acceptors (Lipinski definition) is 3. The Morgan fingerprint density at radius 2 is 2.06 bits per heavy atom. The molecule has 0 aromatic carbocycles. The molecule has 1 fully saturated rings. The Labute approximate surface area is 104 Å². The summed E-state index contributed by atoms with van der Waals surface area (Å²) in [5.41, 5.74) is 6.33. The van der Waals surface area contributed by atoms with E-state index in [0.29, 0.717) is 6.04 Å². The highest BCUT2D eigenvalue weighted by Crippen LogP contribution is 2.38. The molecule has 0 saturated heterocycles. The molecule has 1 aromatic rings. The summed E-state index contributed by atoms with van der Waals surface area (Å²) in [7, 11) is 0. The molecule has 2 atom stereocenters. The lowest BCUT2D eigenvalue weighted by Crippen LogP contribution is -2.47. The standard InChI is InChI=1S/C13H24N4/c1-9(2)17-10(3)15-16-12(17)13(4)8-6-5-7-11(13)14/h9,11H,5-8,14H2,1-4H3. The summed E-state index contributed by atoms with van der Waals surface area (Å²) in [6.07, 6.45) is 4.71. The Balaban J connectivity index is 2.45. The van der Waals surface area contributed by atoms with Gasteiger partial charge in [0.1, 0.15) is 11.6 Å². The van der Waals surface area contributed by atoms with Crippen molar-refractivity contribution in [3.63, 3.8) is 0 Å². The molecule has 0 bridgehead atoms. The van der Waals surface area contributed by atoms with Crippen LogP contribution in [-0.4, -0.2) is 20.8 Å². The zero-order valence-corrected chi connectivity index (χ0v) is 11.4. The van der Waals surface area contributed by atoms with Crippen LogP contribution in [0.4, 0.5) is 0 Å². The van der Waals surface area contributed by atoms with Crippen LogP contribution in [0, 0.1) is 6.92 Å². The summed E-state index contributed by atoms with van der Waals surface area (Å²) in [5.74, 6) is 2.08. The van der Waals surface area contributed by atoms with Gasteiger partial charge < -0.3 is 10.3 Å². The van der Waals surface area contributed by atoms with E-state index in [2.05, 4.69) is 35.5 Å². The number of aromatic nitrogens is 3. The molecule has 0 radical (unpaired) electrons. The zero-order valence-electron chi connectivity index (χ0n) is 11.4. The van der Waals surface area contributed by atoms with Crippen LogP contribution in [0.15, 0.2) is 0 Å². The predicted molar refractivity (Wildman–Crippen MR) is 68.9 cm³/mol. The Kier molecular flexibility index (Phi) is 3.25. The topological polar surface area (TPSA) is 56.7 Å². The minimum absolute atomic E-state index is 0.0101. The largest absolute Gasteiger partial charge is 0.327 e. The molecule has 4 heteroatoms. The third-order valence-electron chi connectivity index (χ3n) is 4.17. The first-order chi connectivity index (χ1) is 7.97. The van der Waals surface area contributed by atoms with Gasteiger partial charge in [-0.15, -0.1) is 10.2 Å². The maximum Gasteiger partial charge on any atom is 0.140 e. The third-order valence-corrected chi connectivity index (χ3v) is 4.17. The van der Waals surface area contributed by atoms with Crippen molar-refractivity contribution in [2.75, 3.05) is 0 Å². The number of hydrogen-bond donors (Lipinski definition) is 1. The van der Waals surface area contributed by atoms with Crippen molar-refractivity contribution in [3.05, 3.63) is 11.6 Å². The lowest BCUT2D eigenvalue weighted by atomic mass is 9.71. The maximum absolute atomic E-state index is 6.34. The van der Waals surface area contributed by atoms with Gasteiger partial charge in [-0.2, -0.15) is 0 Å². The average Bonchev–Trinajstić information content (AvgIpc) is 2.65. The van der Waals surface area contributed by atoms with E-state index in [4.69, 9.17) is 5.73 Å². The van der Waals surface area contributed by atoms with E-state index in [1.165, 1.54) is 12.8 Å². The van der Waals surface area contributed by atoms with Gasteiger partial charge in [0.2, 0.25) is 0 Å². The van der Waals surface area contributed by atoms with Crippen LogP contribution in [0.5, 0.6) is 0 Å². The Hall–Kier alpha value is -0.900. The first kappa shape index (κ1) is 12.6. The maximum atomic E-state index is 6.34. The normalized spacial score (nSPS) is 29.9. The van der Waals surface area contributed by atoms with E-state index in [9.17, 15) is 0 Å². The SMILES string of the molecule is Cc1nnc(C2(C)CCCCC2N)n1C(C)C. The fourth-order valence-electron chi connectivity index (χ4n) is 3.02. The molecule has 2 unspecified atom stereocenters. The number of rotatable bonds is 2. The summed E-state index contributed by atoms with van der Waals surface area (Å²) in [5, 5.41) is 8.67. The second kappa shape index (κ2) is 4.41. The molecule has 2 N–H and O–H groups in total. The first-order valence-electron chi connectivity index (χ1n) is 6.64. The van der Waals surface area contributed by atoms with Crippen molar-refractivity contribution < 1.29 is 0 Å². The first-order valence-corrected chi connectivity index (χ1v) is 6.64. The molecule has 17 heavy (non-hydrogen) atoms. The van der Waals surface area contributed by atoms with Gasteiger partial charge in [-0.05, 0) is 33.6 Å². The highest BCUT2D eigenvalue weighted by Gasteiger charge is 2.40. The van der Waals surface area contributed by atoms with Gasteiger partial charge in [0, 0.05) is 17.5 Å². The number of nitrogens with zero attached hydrogens (tertiary/aromatic N) is 3. The van der Waals surface area contributed by atoms with Crippen molar-refractivity contribution in [2.24, 2.45) is 5.73 Å². The van der Waals surface area contributed by atoms with Crippen LogP contribution in [0.25, 0.3) is 0 Å². The van der Waals surface area contributed by atoms with Crippen LogP contribution >= 0.6 is 0 Å². The average molecular weight is 236 g/mol. The predicted octanol–water partition coefficient (Wildman–Crippen LogP) is 2.33. The molecule has 2 rings (SSSR count). The van der Waals surface area contributed by atoms with Crippen LogP contribution in [0.2, 0.25) is 0 Å². The van der Waals surface area contributed by atoms with E-state index in [0.717, 1.165) is 24.5 Å². The molecule has 0 aliphatic heterocycles. The highest BCUT2D eigenvalue weighted by molar-refractivity contribution is 5.15. The smallest absolute Gasteiger partial charge is 0.140 e. The molecule has 0 amide bonds. The molecule has 4 nitrogen and oxygen atoms in total. The van der Waals surface area contributed by atoms with Crippen LogP contribution in [-0.2, 0) is 5.41 Å². The summed E-state index contributed by atoms with van der Waals surface area (Å²) >= 11 is 0. The van der Waals surface area contributed by atoms with E-state index >= 15 is 0 Å². The van der Waals surface area contributed by atoms with Crippen molar-refractivity contribution in [2.45, 2.75) is 70.9 Å². The summed E-state index contributed by atoms with van der Waals surface area (Å²) in [6.45, 7) is 8.63. The molecule has 96 valence electrons. The van der Waals surface area contributed by atoms with Crippen molar-refractivity contribution >= 4 is 0 Å². The lowest BCUT2D eigenvalue weighted by molar-refractivity contribution is 0.247. The van der Waals surface area contributed by atoms with Crippen LogP contribution in [0.1, 0.15) is 64.1 Å². The minimum Gasteiger partial charge on any atom is -0.327 e. The fraction of sp³-hybridized carbons (Fsp3) is 0.846. The quantitative estimate of drug-likeness (QED) is 0.857. The van der Waals surface area contributed by atoms with Crippen LogP contribution < -0.4 is 5.73 Å². The summed E-state index contributed by atoms with van der Waals surface area (Å²) < 4.78 is 2.24. The minimum atomic E-state index is -0.0101. The Bertz CT molecular complexity index is 396. The second-order valence-corrected chi connectivity index (χ2v) is 5.80. The molecule has 1 aromatic heterocycles. The van der Waals surface area contributed by atoms with Gasteiger partial charge >= 0.3 is 0 Å². The van der Waals surface area contributed by atoms with E-state index in [-0.39, 0.29) is 11.5 Å². The van der Waals surface area contributed by atoms with Gasteiger partial charge in [-0.1, -0.05) is 19.8 Å². The van der Waals surface area contributed by atoms with Crippen LogP contribution in [0.3, 0.4) is 0 Å². The molecule has 1 heterocycles. The van der Waals surface area contributed by atoms with Crippen molar-refractivity contribution in [1.82, 2.24) is 14.8 Å². The molecular formula is C13H24N4. The van der Waals surface area contributed by atoms with Gasteiger partial charge in [0.05, 0.1) is 0 Å². The molecule has 1 aliphatic rings. The van der Waals surface area contributed by atoms with E-state index < -0.39 is 0 Å².